The Hall–Kier alpha value is -2.68. The molecule has 0 spiro atoms. The summed E-state index contributed by atoms with van der Waals surface area (Å²) in [6, 6.07) is 11.0. The number of nitrogens with one attached hydrogen (secondary N) is 1. The van der Waals surface area contributed by atoms with Crippen molar-refractivity contribution >= 4 is 34.7 Å². The number of hydrogen-bond acceptors (Lipinski definition) is 5. The molecule has 9 heteroatoms. The molecular formula is C19H19F2N5OS. The fourth-order valence-electron chi connectivity index (χ4n) is 3.32. The Labute approximate surface area is 165 Å². The zero-order valence-electron chi connectivity index (χ0n) is 15.0. The predicted molar refractivity (Wildman–Crippen MR) is 105 cm³/mol. The van der Waals surface area contributed by atoms with E-state index in [2.05, 4.69) is 19.9 Å². The molecule has 28 heavy (non-hydrogen) atoms. The van der Waals surface area contributed by atoms with Gasteiger partial charge in [-0.2, -0.15) is 8.78 Å². The molecule has 6 nitrogen and oxygen atoms in total. The van der Waals surface area contributed by atoms with Gasteiger partial charge in [-0.25, -0.2) is 9.97 Å². The van der Waals surface area contributed by atoms with E-state index in [-0.39, 0.29) is 16.5 Å². The van der Waals surface area contributed by atoms with E-state index in [0.29, 0.717) is 31.4 Å². The van der Waals surface area contributed by atoms with Crippen molar-refractivity contribution in [3.8, 4) is 0 Å². The van der Waals surface area contributed by atoms with Gasteiger partial charge >= 0.3 is 0 Å². The molecule has 0 saturated carbocycles. The van der Waals surface area contributed by atoms with Crippen LogP contribution in [0.1, 0.15) is 16.8 Å². The number of amides is 1. The van der Waals surface area contributed by atoms with E-state index in [4.69, 9.17) is 0 Å². The molecule has 0 aliphatic carbocycles. The lowest BCUT2D eigenvalue weighted by atomic mass is 10.2. The Kier molecular flexibility index (Phi) is 5.43. The molecule has 146 valence electrons. The summed E-state index contributed by atoms with van der Waals surface area (Å²) in [6.45, 7) is 2.42. The number of benzene rings is 1. The number of nitrogens with zero attached hydrogens (tertiary/aromatic N) is 4. The van der Waals surface area contributed by atoms with Crippen LogP contribution >= 0.6 is 11.8 Å². The van der Waals surface area contributed by atoms with Gasteiger partial charge in [-0.1, -0.05) is 12.1 Å². The summed E-state index contributed by atoms with van der Waals surface area (Å²) in [5.41, 5.74) is 2.10. The molecule has 1 aromatic carbocycles. The van der Waals surface area contributed by atoms with Crippen LogP contribution < -0.4 is 4.90 Å². The fraction of sp³-hybridized carbons (Fsp3) is 0.316. The van der Waals surface area contributed by atoms with Gasteiger partial charge in [-0.3, -0.25) is 4.79 Å². The van der Waals surface area contributed by atoms with Gasteiger partial charge in [0.25, 0.3) is 11.7 Å². The molecule has 1 aliphatic heterocycles. The van der Waals surface area contributed by atoms with Gasteiger partial charge in [0, 0.05) is 32.4 Å². The van der Waals surface area contributed by atoms with Crippen LogP contribution in [-0.4, -0.2) is 57.7 Å². The number of rotatable bonds is 4. The highest BCUT2D eigenvalue weighted by atomic mass is 32.2. The topological polar surface area (TPSA) is 65.1 Å². The van der Waals surface area contributed by atoms with Crippen molar-refractivity contribution in [3.63, 3.8) is 0 Å². The first-order valence-electron chi connectivity index (χ1n) is 9.00. The van der Waals surface area contributed by atoms with Crippen molar-refractivity contribution in [2.45, 2.75) is 17.2 Å². The van der Waals surface area contributed by atoms with Crippen LogP contribution in [0.4, 0.5) is 14.7 Å². The Morgan fingerprint density at radius 3 is 2.79 bits per heavy atom. The summed E-state index contributed by atoms with van der Waals surface area (Å²) in [5, 5.41) is 0.0703. The van der Waals surface area contributed by atoms with Gasteiger partial charge < -0.3 is 14.8 Å². The first kappa shape index (κ1) is 18.7. The van der Waals surface area contributed by atoms with Gasteiger partial charge in [-0.15, -0.1) is 0 Å². The maximum Gasteiger partial charge on any atom is 0.290 e. The number of halogens is 2. The van der Waals surface area contributed by atoms with Gasteiger partial charge in [0.05, 0.1) is 16.6 Å². The molecule has 2 aromatic heterocycles. The van der Waals surface area contributed by atoms with Crippen molar-refractivity contribution < 1.29 is 13.6 Å². The SMILES string of the molecule is O=C(c1cccnc1SC(F)F)N1CCCN(c2nc3ccccc3[nH]2)CC1. The number of carbonyl (C=O) groups excluding carboxylic acids is 1. The fourth-order valence-corrected chi connectivity index (χ4v) is 3.90. The van der Waals surface area contributed by atoms with Gasteiger partial charge in [0.2, 0.25) is 5.95 Å². The van der Waals surface area contributed by atoms with Gasteiger partial charge in [0.15, 0.2) is 0 Å². The molecule has 3 aromatic rings. The van der Waals surface area contributed by atoms with Crippen molar-refractivity contribution in [3.05, 3.63) is 48.2 Å². The standard InChI is InChI=1S/C19H19F2N5OS/c20-18(21)28-16-13(5-3-8-22-16)17(27)25-9-4-10-26(12-11-25)19-23-14-6-1-2-7-15(14)24-19/h1-3,5-8,18H,4,9-12H2,(H,23,24). The lowest BCUT2D eigenvalue weighted by molar-refractivity contribution is 0.0762. The number of thioether (sulfide) groups is 1. The monoisotopic (exact) mass is 403 g/mol. The normalized spacial score (nSPS) is 15.2. The van der Waals surface area contributed by atoms with E-state index in [9.17, 15) is 13.6 Å². The first-order chi connectivity index (χ1) is 13.6. The second-order valence-electron chi connectivity index (χ2n) is 6.44. The molecule has 3 heterocycles. The lowest BCUT2D eigenvalue weighted by Gasteiger charge is -2.22. The van der Waals surface area contributed by atoms with Crippen LogP contribution in [0.25, 0.3) is 11.0 Å². The van der Waals surface area contributed by atoms with Crippen LogP contribution in [0.15, 0.2) is 47.6 Å². The number of aromatic nitrogens is 3. The molecule has 0 bridgehead atoms. The number of hydrogen-bond donors (Lipinski definition) is 1. The Morgan fingerprint density at radius 2 is 1.96 bits per heavy atom. The quantitative estimate of drug-likeness (QED) is 0.674. The summed E-state index contributed by atoms with van der Waals surface area (Å²) in [5.74, 6) is -2.09. The number of fused-ring (bicyclic) bond motifs is 1. The highest BCUT2D eigenvalue weighted by molar-refractivity contribution is 7.99. The maximum absolute atomic E-state index is 12.9. The minimum atomic E-state index is -2.62. The zero-order chi connectivity index (χ0) is 19.5. The average Bonchev–Trinajstić information content (AvgIpc) is 2.97. The van der Waals surface area contributed by atoms with Crippen LogP contribution in [0.2, 0.25) is 0 Å². The second kappa shape index (κ2) is 8.14. The van der Waals surface area contributed by atoms with Gasteiger partial charge in [0.1, 0.15) is 5.03 Å². The smallest absolute Gasteiger partial charge is 0.290 e. The highest BCUT2D eigenvalue weighted by Crippen LogP contribution is 2.27. The van der Waals surface area contributed by atoms with Crippen LogP contribution in [0.5, 0.6) is 0 Å². The number of H-pyrrole nitrogens is 1. The maximum atomic E-state index is 12.9. The third-order valence-corrected chi connectivity index (χ3v) is 5.39. The molecule has 4 rings (SSSR count). The van der Waals surface area contributed by atoms with Crippen LogP contribution in [0, 0.1) is 0 Å². The summed E-state index contributed by atoms with van der Waals surface area (Å²) in [7, 11) is 0. The predicted octanol–water partition coefficient (Wildman–Crippen LogP) is 3.63. The minimum absolute atomic E-state index is 0.0703. The molecule has 1 N–H and O–H groups in total. The Bertz CT molecular complexity index is 947. The molecule has 0 unspecified atom stereocenters. The highest BCUT2D eigenvalue weighted by Gasteiger charge is 2.25. The number of alkyl halides is 2. The number of pyridine rings is 1. The number of para-hydroxylation sites is 2. The lowest BCUT2D eigenvalue weighted by Crippen LogP contribution is -2.35. The number of imidazole rings is 1. The Morgan fingerprint density at radius 1 is 1.11 bits per heavy atom. The Balaban J connectivity index is 1.49. The van der Waals surface area contributed by atoms with Crippen LogP contribution in [-0.2, 0) is 0 Å². The van der Waals surface area contributed by atoms with E-state index in [1.54, 1.807) is 17.0 Å². The largest absolute Gasteiger partial charge is 0.341 e. The van der Waals surface area contributed by atoms with Crippen molar-refractivity contribution in [1.29, 1.82) is 0 Å². The molecule has 0 radical (unpaired) electrons. The zero-order valence-corrected chi connectivity index (χ0v) is 15.8. The second-order valence-corrected chi connectivity index (χ2v) is 7.42. The first-order valence-corrected chi connectivity index (χ1v) is 9.88. The number of carbonyl (C=O) groups is 1. The third-order valence-electron chi connectivity index (χ3n) is 4.66. The van der Waals surface area contributed by atoms with Crippen molar-refractivity contribution in [1.82, 2.24) is 19.9 Å². The minimum Gasteiger partial charge on any atom is -0.341 e. The van der Waals surface area contributed by atoms with E-state index in [0.717, 1.165) is 29.9 Å². The molecule has 1 aliphatic rings. The van der Waals surface area contributed by atoms with E-state index < -0.39 is 5.76 Å². The summed E-state index contributed by atoms with van der Waals surface area (Å²) in [6.07, 6.45) is 2.19. The van der Waals surface area contributed by atoms with E-state index in [1.807, 2.05) is 24.3 Å². The third kappa shape index (κ3) is 3.94. The molecule has 1 amide bonds. The average molecular weight is 403 g/mol. The summed E-state index contributed by atoms with van der Waals surface area (Å²) in [4.78, 5) is 28.6. The molecule has 1 saturated heterocycles. The van der Waals surface area contributed by atoms with E-state index >= 15 is 0 Å². The van der Waals surface area contributed by atoms with Crippen LogP contribution in [0.3, 0.4) is 0 Å². The molecule has 0 atom stereocenters. The number of aromatic amines is 1. The van der Waals surface area contributed by atoms with Gasteiger partial charge in [-0.05, 0) is 42.4 Å². The number of anilines is 1. The van der Waals surface area contributed by atoms with E-state index in [1.165, 1.54) is 6.20 Å². The molecular weight excluding hydrogens is 384 g/mol. The van der Waals surface area contributed by atoms with Crippen molar-refractivity contribution in [2.75, 3.05) is 31.1 Å². The molecule has 1 fully saturated rings. The summed E-state index contributed by atoms with van der Waals surface area (Å²) >= 11 is 0.305. The van der Waals surface area contributed by atoms with Crippen molar-refractivity contribution in [2.24, 2.45) is 0 Å². The summed E-state index contributed by atoms with van der Waals surface area (Å²) < 4.78 is 25.6.